The fourth-order valence-corrected chi connectivity index (χ4v) is 3.61. The lowest BCUT2D eigenvalue weighted by Crippen LogP contribution is -2.18. The third-order valence-corrected chi connectivity index (χ3v) is 5.57. The molecule has 0 spiro atoms. The van der Waals surface area contributed by atoms with Crippen LogP contribution in [-0.4, -0.2) is 30.5 Å². The molecule has 0 aliphatic heterocycles. The van der Waals surface area contributed by atoms with Crippen molar-refractivity contribution < 1.29 is 38.1 Å². The number of ether oxygens (including phenoxy) is 4. The summed E-state index contributed by atoms with van der Waals surface area (Å²) in [5, 5.41) is 0. The summed E-state index contributed by atoms with van der Waals surface area (Å²) in [7, 11) is 0. The van der Waals surface area contributed by atoms with E-state index in [0.29, 0.717) is 0 Å². The van der Waals surface area contributed by atoms with Crippen LogP contribution < -0.4 is 14.2 Å². The van der Waals surface area contributed by atoms with Crippen LogP contribution in [0.3, 0.4) is 0 Å². The van der Waals surface area contributed by atoms with Crippen LogP contribution in [0.25, 0.3) is 0 Å². The van der Waals surface area contributed by atoms with E-state index in [2.05, 4.69) is 0 Å². The van der Waals surface area contributed by atoms with Crippen molar-refractivity contribution in [2.45, 2.75) is 13.8 Å². The Kier molecular flexibility index (Phi) is 8.48. The molecule has 39 heavy (non-hydrogen) atoms. The Morgan fingerprint density at radius 1 is 0.564 bits per heavy atom. The van der Waals surface area contributed by atoms with Gasteiger partial charge in [0.05, 0.1) is 28.9 Å². The summed E-state index contributed by atoms with van der Waals surface area (Å²) in [6.07, 6.45) is 0. The lowest BCUT2D eigenvalue weighted by atomic mass is 10.1. The van der Waals surface area contributed by atoms with Crippen LogP contribution in [0, 0.1) is 6.92 Å². The molecule has 0 fully saturated rings. The van der Waals surface area contributed by atoms with Gasteiger partial charge in [-0.2, -0.15) is 0 Å². The normalized spacial score (nSPS) is 10.3. The second-order valence-electron chi connectivity index (χ2n) is 8.19. The minimum Gasteiger partial charge on any atom is -0.462 e. The monoisotopic (exact) mass is 524 g/mol. The van der Waals surface area contributed by atoms with Gasteiger partial charge in [0.1, 0.15) is 0 Å². The van der Waals surface area contributed by atoms with E-state index in [1.54, 1.807) is 73.7 Å². The molecule has 4 aromatic rings. The fraction of sp³-hybridized carbons (Fsp3) is 0.0968. The molecule has 196 valence electrons. The van der Waals surface area contributed by atoms with E-state index in [9.17, 15) is 19.2 Å². The molecule has 0 aromatic heterocycles. The molecule has 8 nitrogen and oxygen atoms in total. The number of carbonyl (C=O) groups excluding carboxylic acids is 4. The smallest absolute Gasteiger partial charge is 0.343 e. The number of hydrogen-bond acceptors (Lipinski definition) is 8. The molecular weight excluding hydrogens is 500 g/mol. The zero-order valence-corrected chi connectivity index (χ0v) is 21.2. The van der Waals surface area contributed by atoms with Crippen molar-refractivity contribution in [2.75, 3.05) is 6.61 Å². The van der Waals surface area contributed by atoms with Crippen molar-refractivity contribution >= 4 is 23.9 Å². The predicted octanol–water partition coefficient (Wildman–Crippen LogP) is 5.83. The maximum absolute atomic E-state index is 13.1. The van der Waals surface area contributed by atoms with Crippen LogP contribution in [0.1, 0.15) is 53.9 Å². The summed E-state index contributed by atoms with van der Waals surface area (Å²) >= 11 is 0. The first-order chi connectivity index (χ1) is 18.9. The average Bonchev–Trinajstić information content (AvgIpc) is 2.97. The third kappa shape index (κ3) is 6.37. The van der Waals surface area contributed by atoms with Gasteiger partial charge in [0.15, 0.2) is 11.5 Å². The van der Waals surface area contributed by atoms with Gasteiger partial charge in [-0.25, -0.2) is 19.2 Å². The molecule has 8 heteroatoms. The van der Waals surface area contributed by atoms with Gasteiger partial charge in [0.25, 0.3) is 0 Å². The first kappa shape index (κ1) is 26.8. The molecule has 0 unspecified atom stereocenters. The second-order valence-corrected chi connectivity index (χ2v) is 8.19. The minimum atomic E-state index is -0.798. The number of hydrogen-bond donors (Lipinski definition) is 0. The van der Waals surface area contributed by atoms with Gasteiger partial charge >= 0.3 is 23.9 Å². The average molecular weight is 525 g/mol. The van der Waals surface area contributed by atoms with E-state index < -0.39 is 23.9 Å². The Bertz CT molecular complexity index is 1500. The SMILES string of the molecule is CCOC(=O)c1cc(OC(=O)c2ccccc2)c(OC(=O)c2ccccc2)c(OC(=O)c2ccccc2)c1C. The summed E-state index contributed by atoms with van der Waals surface area (Å²) in [4.78, 5) is 51.9. The zero-order valence-electron chi connectivity index (χ0n) is 21.2. The van der Waals surface area contributed by atoms with E-state index in [0.717, 1.165) is 0 Å². The zero-order chi connectivity index (χ0) is 27.8. The van der Waals surface area contributed by atoms with Crippen LogP contribution in [0.15, 0.2) is 97.1 Å². The Hall–Kier alpha value is -5.24. The second kappa shape index (κ2) is 12.3. The molecule has 0 saturated carbocycles. The van der Waals surface area contributed by atoms with Crippen molar-refractivity contribution in [2.24, 2.45) is 0 Å². The summed E-state index contributed by atoms with van der Waals surface area (Å²) in [6, 6.07) is 25.6. The molecule has 4 aromatic carbocycles. The summed E-state index contributed by atoms with van der Waals surface area (Å²) in [6.45, 7) is 3.21. The standard InChI is InChI=1S/C31H24O8/c1-3-36-31(35)24-19-25(37-28(32)21-13-7-4-8-14-21)27(39-30(34)23-17-11-6-12-18-23)26(20(24)2)38-29(33)22-15-9-5-10-16-22/h4-19H,3H2,1-2H3. The van der Waals surface area contributed by atoms with Crippen molar-refractivity contribution in [3.05, 3.63) is 125 Å². The maximum atomic E-state index is 13.1. The molecule has 0 radical (unpaired) electrons. The number of carbonyl (C=O) groups is 4. The highest BCUT2D eigenvalue weighted by Crippen LogP contribution is 2.43. The van der Waals surface area contributed by atoms with Gasteiger partial charge in [-0.1, -0.05) is 54.6 Å². The van der Waals surface area contributed by atoms with Gasteiger partial charge < -0.3 is 18.9 Å². The van der Waals surface area contributed by atoms with Gasteiger partial charge in [0.2, 0.25) is 5.75 Å². The summed E-state index contributed by atoms with van der Waals surface area (Å²) in [5.41, 5.74) is 0.724. The molecule has 0 bridgehead atoms. The van der Waals surface area contributed by atoms with E-state index >= 15 is 0 Å². The molecule has 0 atom stereocenters. The maximum Gasteiger partial charge on any atom is 0.343 e. The van der Waals surface area contributed by atoms with Crippen LogP contribution in [0.2, 0.25) is 0 Å². The van der Waals surface area contributed by atoms with Crippen molar-refractivity contribution in [3.63, 3.8) is 0 Å². The number of rotatable bonds is 8. The third-order valence-electron chi connectivity index (χ3n) is 5.57. The first-order valence-electron chi connectivity index (χ1n) is 12.1. The van der Waals surface area contributed by atoms with Crippen molar-refractivity contribution in [1.82, 2.24) is 0 Å². The number of esters is 4. The molecule has 0 aliphatic rings. The molecule has 0 aliphatic carbocycles. The topological polar surface area (TPSA) is 105 Å². The highest BCUT2D eigenvalue weighted by atomic mass is 16.6. The van der Waals surface area contributed by atoms with Crippen LogP contribution in [-0.2, 0) is 4.74 Å². The van der Waals surface area contributed by atoms with E-state index in [4.69, 9.17) is 18.9 Å². The van der Waals surface area contributed by atoms with E-state index in [1.165, 1.54) is 37.3 Å². The van der Waals surface area contributed by atoms with Crippen molar-refractivity contribution in [1.29, 1.82) is 0 Å². The molecular formula is C31H24O8. The Morgan fingerprint density at radius 3 is 1.41 bits per heavy atom. The van der Waals surface area contributed by atoms with E-state index in [1.807, 2.05) is 0 Å². The summed E-state index contributed by atoms with van der Waals surface area (Å²) in [5.74, 6) is -4.03. The minimum absolute atomic E-state index is 0.0388. The molecule has 0 N–H and O–H groups in total. The fourth-order valence-electron chi connectivity index (χ4n) is 3.61. The largest absolute Gasteiger partial charge is 0.462 e. The lowest BCUT2D eigenvalue weighted by Gasteiger charge is -2.19. The van der Waals surface area contributed by atoms with Crippen LogP contribution in [0.4, 0.5) is 0 Å². The van der Waals surface area contributed by atoms with Gasteiger partial charge in [-0.15, -0.1) is 0 Å². The Labute approximate surface area is 224 Å². The molecule has 0 saturated heterocycles. The predicted molar refractivity (Wildman–Crippen MR) is 141 cm³/mol. The highest BCUT2D eigenvalue weighted by Gasteiger charge is 2.29. The Morgan fingerprint density at radius 2 is 0.974 bits per heavy atom. The van der Waals surface area contributed by atoms with Crippen molar-refractivity contribution in [3.8, 4) is 17.2 Å². The lowest BCUT2D eigenvalue weighted by molar-refractivity contribution is 0.0520. The highest BCUT2D eigenvalue weighted by molar-refractivity contribution is 5.98. The Balaban J connectivity index is 1.87. The van der Waals surface area contributed by atoms with Gasteiger partial charge in [-0.05, 0) is 56.3 Å². The molecule has 0 heterocycles. The van der Waals surface area contributed by atoms with Gasteiger partial charge in [0, 0.05) is 5.56 Å². The molecule has 0 amide bonds. The first-order valence-corrected chi connectivity index (χ1v) is 12.1. The van der Waals surface area contributed by atoms with Crippen LogP contribution in [0.5, 0.6) is 17.2 Å². The number of benzene rings is 4. The summed E-state index contributed by atoms with van der Waals surface area (Å²) < 4.78 is 22.1. The quantitative estimate of drug-likeness (QED) is 0.209. The van der Waals surface area contributed by atoms with Gasteiger partial charge in [-0.3, -0.25) is 0 Å². The van der Waals surface area contributed by atoms with Crippen LogP contribution >= 0.6 is 0 Å². The molecule has 4 rings (SSSR count). The van der Waals surface area contributed by atoms with E-state index in [-0.39, 0.29) is 51.7 Å².